The highest BCUT2D eigenvalue weighted by atomic mass is 16.3. The van der Waals surface area contributed by atoms with Gasteiger partial charge >= 0.3 is 0 Å². The Morgan fingerprint density at radius 1 is 1.05 bits per heavy atom. The van der Waals surface area contributed by atoms with Gasteiger partial charge in [-0.15, -0.1) is 5.10 Å². The molecule has 0 unspecified atom stereocenters. The fourth-order valence-corrected chi connectivity index (χ4v) is 1.70. The van der Waals surface area contributed by atoms with Crippen molar-refractivity contribution >= 4 is 11.8 Å². The maximum atomic E-state index is 11.9. The highest BCUT2D eigenvalue weighted by Crippen LogP contribution is 2.04. The van der Waals surface area contributed by atoms with Gasteiger partial charge in [-0.1, -0.05) is 18.2 Å². The van der Waals surface area contributed by atoms with Gasteiger partial charge in [-0.3, -0.25) is 20.4 Å². The highest BCUT2D eigenvalue weighted by Gasteiger charge is 2.13. The van der Waals surface area contributed by atoms with Gasteiger partial charge in [-0.2, -0.15) is 9.90 Å². The molecule has 8 heteroatoms. The Kier molecular flexibility index (Phi) is 3.65. The molecule has 0 saturated heterocycles. The zero-order valence-electron chi connectivity index (χ0n) is 11.3. The van der Waals surface area contributed by atoms with Gasteiger partial charge in [0.15, 0.2) is 5.69 Å². The van der Waals surface area contributed by atoms with Crippen molar-refractivity contribution in [3.05, 3.63) is 66.4 Å². The van der Waals surface area contributed by atoms with Crippen LogP contribution < -0.4 is 10.9 Å². The van der Waals surface area contributed by atoms with Gasteiger partial charge in [-0.05, 0) is 18.2 Å². The number of hydrazine groups is 1. The molecule has 0 aliphatic rings. The number of nitrogens with zero attached hydrogens (tertiary/aromatic N) is 3. The third-order valence-electron chi connectivity index (χ3n) is 2.78. The van der Waals surface area contributed by atoms with Crippen molar-refractivity contribution in [1.82, 2.24) is 25.8 Å². The van der Waals surface area contributed by atoms with Gasteiger partial charge in [0.25, 0.3) is 11.8 Å². The SMILES string of the molecule is O=C(NNC(=O)c1cnn(-c2ccccc2)n1)c1ccoc1. The lowest BCUT2D eigenvalue weighted by Crippen LogP contribution is -2.41. The Bertz CT molecular complexity index is 780. The number of nitrogens with one attached hydrogen (secondary N) is 2. The maximum Gasteiger partial charge on any atom is 0.291 e. The molecule has 2 aromatic heterocycles. The number of carbonyl (C=O) groups excluding carboxylic acids is 2. The van der Waals surface area contributed by atoms with Crippen molar-refractivity contribution in [2.75, 3.05) is 0 Å². The van der Waals surface area contributed by atoms with Crippen LogP contribution in [0.2, 0.25) is 0 Å². The molecule has 0 spiro atoms. The van der Waals surface area contributed by atoms with E-state index in [-0.39, 0.29) is 5.69 Å². The first-order valence-electron chi connectivity index (χ1n) is 6.35. The molecule has 1 aromatic carbocycles. The Hall–Kier alpha value is -3.42. The van der Waals surface area contributed by atoms with Crippen LogP contribution in [0.15, 0.2) is 59.5 Å². The van der Waals surface area contributed by atoms with Crippen molar-refractivity contribution in [1.29, 1.82) is 0 Å². The molecule has 8 nitrogen and oxygen atoms in total. The number of carbonyl (C=O) groups is 2. The second-order valence-corrected chi connectivity index (χ2v) is 4.28. The molecule has 2 N–H and O–H groups in total. The van der Waals surface area contributed by atoms with E-state index in [0.29, 0.717) is 5.56 Å². The van der Waals surface area contributed by atoms with E-state index >= 15 is 0 Å². The predicted molar refractivity (Wildman–Crippen MR) is 75.0 cm³/mol. The van der Waals surface area contributed by atoms with Gasteiger partial charge < -0.3 is 4.42 Å². The molecule has 0 radical (unpaired) electrons. The van der Waals surface area contributed by atoms with E-state index in [2.05, 4.69) is 21.0 Å². The molecule has 0 saturated carbocycles. The van der Waals surface area contributed by atoms with Crippen molar-refractivity contribution in [2.24, 2.45) is 0 Å². The number of benzene rings is 1. The average Bonchev–Trinajstić information content (AvgIpc) is 3.24. The van der Waals surface area contributed by atoms with Crippen LogP contribution in [0.1, 0.15) is 20.8 Å². The first kappa shape index (κ1) is 13.6. The third-order valence-corrected chi connectivity index (χ3v) is 2.78. The molecule has 22 heavy (non-hydrogen) atoms. The summed E-state index contributed by atoms with van der Waals surface area (Å²) < 4.78 is 4.78. The Morgan fingerprint density at radius 3 is 2.55 bits per heavy atom. The lowest BCUT2D eigenvalue weighted by Gasteiger charge is -2.03. The summed E-state index contributed by atoms with van der Waals surface area (Å²) in [6, 6.07) is 10.6. The van der Waals surface area contributed by atoms with Crippen LogP contribution in [0.25, 0.3) is 5.69 Å². The van der Waals surface area contributed by atoms with Crippen LogP contribution in [0.3, 0.4) is 0 Å². The number of rotatable bonds is 3. The monoisotopic (exact) mass is 297 g/mol. The molecule has 2 amide bonds. The number of amides is 2. The number of hydrogen-bond donors (Lipinski definition) is 2. The van der Waals surface area contributed by atoms with Gasteiger partial charge in [0, 0.05) is 0 Å². The van der Waals surface area contributed by atoms with E-state index in [1.165, 1.54) is 29.6 Å². The topological polar surface area (TPSA) is 102 Å². The number of hydrogen-bond acceptors (Lipinski definition) is 5. The van der Waals surface area contributed by atoms with E-state index in [0.717, 1.165) is 5.69 Å². The largest absolute Gasteiger partial charge is 0.472 e. The first-order chi connectivity index (χ1) is 10.7. The minimum atomic E-state index is -0.570. The third kappa shape index (κ3) is 2.85. The maximum absolute atomic E-state index is 11.9. The fraction of sp³-hybridized carbons (Fsp3) is 0. The molecular formula is C14H11N5O3. The van der Waals surface area contributed by atoms with Crippen LogP contribution in [0.4, 0.5) is 0 Å². The normalized spacial score (nSPS) is 10.2. The van der Waals surface area contributed by atoms with Gasteiger partial charge in [0.2, 0.25) is 0 Å². The summed E-state index contributed by atoms with van der Waals surface area (Å²) in [6.07, 6.45) is 3.95. The van der Waals surface area contributed by atoms with Crippen LogP contribution >= 0.6 is 0 Å². The quantitative estimate of drug-likeness (QED) is 0.700. The second-order valence-electron chi connectivity index (χ2n) is 4.28. The predicted octanol–water partition coefficient (Wildman–Crippen LogP) is 0.935. The van der Waals surface area contributed by atoms with Crippen LogP contribution in [0.5, 0.6) is 0 Å². The summed E-state index contributed by atoms with van der Waals surface area (Å²) >= 11 is 0. The number of para-hydroxylation sites is 1. The van der Waals surface area contributed by atoms with Crippen LogP contribution in [-0.2, 0) is 0 Å². The van der Waals surface area contributed by atoms with E-state index in [1.807, 2.05) is 30.3 Å². The Balaban J connectivity index is 1.64. The number of furan rings is 1. The highest BCUT2D eigenvalue weighted by molar-refractivity contribution is 5.97. The minimum absolute atomic E-state index is 0.0800. The molecule has 2 heterocycles. The summed E-state index contributed by atoms with van der Waals surface area (Å²) in [5.74, 6) is -1.06. The number of aromatic nitrogens is 3. The fourth-order valence-electron chi connectivity index (χ4n) is 1.70. The van der Waals surface area contributed by atoms with Gasteiger partial charge in [0.1, 0.15) is 6.26 Å². The molecule has 110 valence electrons. The van der Waals surface area contributed by atoms with Crippen molar-refractivity contribution in [3.8, 4) is 5.69 Å². The Morgan fingerprint density at radius 2 is 1.82 bits per heavy atom. The second kappa shape index (κ2) is 5.92. The lowest BCUT2D eigenvalue weighted by molar-refractivity contribution is 0.0843. The summed E-state index contributed by atoms with van der Waals surface area (Å²) in [7, 11) is 0. The summed E-state index contributed by atoms with van der Waals surface area (Å²) in [6.45, 7) is 0. The molecule has 0 fully saturated rings. The molecule has 3 rings (SSSR count). The summed E-state index contributed by atoms with van der Waals surface area (Å²) in [4.78, 5) is 24.9. The molecule has 0 aliphatic carbocycles. The van der Waals surface area contributed by atoms with Crippen molar-refractivity contribution < 1.29 is 14.0 Å². The molecule has 0 atom stereocenters. The standard InChI is InChI=1S/C14H11N5O3/c20-13(10-6-7-22-9-10)16-17-14(21)12-8-15-19(18-12)11-4-2-1-3-5-11/h1-9H,(H,16,20)(H,17,21). The van der Waals surface area contributed by atoms with E-state index in [1.54, 1.807) is 0 Å². The Labute approximate surface area is 124 Å². The van der Waals surface area contributed by atoms with Gasteiger partial charge in [0.05, 0.1) is 23.7 Å². The van der Waals surface area contributed by atoms with Crippen molar-refractivity contribution in [3.63, 3.8) is 0 Å². The minimum Gasteiger partial charge on any atom is -0.472 e. The van der Waals surface area contributed by atoms with E-state index in [9.17, 15) is 9.59 Å². The van der Waals surface area contributed by atoms with E-state index in [4.69, 9.17) is 4.42 Å². The average molecular weight is 297 g/mol. The molecule has 0 aliphatic heterocycles. The summed E-state index contributed by atoms with van der Waals surface area (Å²) in [5, 5.41) is 8.05. The molecule has 0 bridgehead atoms. The molecule has 3 aromatic rings. The smallest absolute Gasteiger partial charge is 0.291 e. The zero-order chi connectivity index (χ0) is 15.4. The van der Waals surface area contributed by atoms with Gasteiger partial charge in [-0.25, -0.2) is 0 Å². The lowest BCUT2D eigenvalue weighted by atomic mass is 10.3. The van der Waals surface area contributed by atoms with E-state index < -0.39 is 11.8 Å². The summed E-state index contributed by atoms with van der Waals surface area (Å²) in [5.41, 5.74) is 5.62. The van der Waals surface area contributed by atoms with Crippen LogP contribution in [-0.4, -0.2) is 26.8 Å². The van der Waals surface area contributed by atoms with Crippen molar-refractivity contribution in [2.45, 2.75) is 0 Å². The van der Waals surface area contributed by atoms with Crippen LogP contribution in [0, 0.1) is 0 Å². The zero-order valence-corrected chi connectivity index (χ0v) is 11.3. The molecular weight excluding hydrogens is 286 g/mol. The first-order valence-corrected chi connectivity index (χ1v) is 6.35.